The molecule has 1 amide bonds. The lowest BCUT2D eigenvalue weighted by molar-refractivity contribution is 0.102. The van der Waals surface area contributed by atoms with Crippen molar-refractivity contribution < 1.29 is 19.4 Å². The zero-order valence-electron chi connectivity index (χ0n) is 21.7. The number of hydrogen-bond acceptors (Lipinski definition) is 5. The summed E-state index contributed by atoms with van der Waals surface area (Å²) in [4.78, 5) is 15.4. The molecule has 0 saturated carbocycles. The number of ether oxygens (including phenoxy) is 2. The van der Waals surface area contributed by atoms with Crippen molar-refractivity contribution in [1.29, 1.82) is 0 Å². The van der Waals surface area contributed by atoms with E-state index in [0.717, 1.165) is 53.9 Å². The molecule has 0 radical (unpaired) electrons. The molecule has 1 fully saturated rings. The molecule has 0 atom stereocenters. The minimum atomic E-state index is -0.225. The van der Waals surface area contributed by atoms with E-state index in [1.165, 1.54) is 0 Å². The fourth-order valence-electron chi connectivity index (χ4n) is 4.72. The second-order valence-corrected chi connectivity index (χ2v) is 9.64. The van der Waals surface area contributed by atoms with Gasteiger partial charge in [0, 0.05) is 29.9 Å². The zero-order chi connectivity index (χ0) is 26.5. The van der Waals surface area contributed by atoms with Crippen molar-refractivity contribution in [2.45, 2.75) is 18.9 Å². The largest absolute Gasteiger partial charge is 0.508 e. The van der Waals surface area contributed by atoms with Crippen LogP contribution < -0.4 is 14.8 Å². The van der Waals surface area contributed by atoms with E-state index in [4.69, 9.17) is 9.47 Å². The summed E-state index contributed by atoms with van der Waals surface area (Å²) in [5.74, 6) is 1.45. The number of likely N-dealkylation sites (tertiary alicyclic amines) is 1. The summed E-state index contributed by atoms with van der Waals surface area (Å²) in [6, 6.07) is 28.1. The van der Waals surface area contributed by atoms with Crippen molar-refractivity contribution in [3.63, 3.8) is 0 Å². The Bertz CT molecular complexity index is 1390. The maximum absolute atomic E-state index is 13.0. The number of rotatable bonds is 7. The SMILES string of the molecule is COc1ccc(C(=O)Nc2ccc(-c3ccc(OC4CCN(C)CC4)cc3)cc2)cc1-c1cccc(O)c1. The van der Waals surface area contributed by atoms with E-state index in [0.29, 0.717) is 17.0 Å². The van der Waals surface area contributed by atoms with E-state index in [-0.39, 0.29) is 17.8 Å². The van der Waals surface area contributed by atoms with Crippen molar-refractivity contribution in [2.24, 2.45) is 0 Å². The summed E-state index contributed by atoms with van der Waals surface area (Å²) in [6.07, 6.45) is 2.39. The molecule has 5 rings (SSSR count). The van der Waals surface area contributed by atoms with Crippen LogP contribution in [0, 0.1) is 0 Å². The first-order chi connectivity index (χ1) is 18.5. The average Bonchev–Trinajstić information content (AvgIpc) is 2.95. The molecule has 1 aliphatic rings. The highest BCUT2D eigenvalue weighted by molar-refractivity contribution is 6.05. The Labute approximate surface area is 223 Å². The summed E-state index contributed by atoms with van der Waals surface area (Å²) in [7, 11) is 3.73. The smallest absolute Gasteiger partial charge is 0.255 e. The van der Waals surface area contributed by atoms with E-state index in [9.17, 15) is 9.90 Å². The fraction of sp³-hybridized carbons (Fsp3) is 0.219. The molecule has 0 unspecified atom stereocenters. The molecule has 4 aromatic rings. The number of anilines is 1. The lowest BCUT2D eigenvalue weighted by Crippen LogP contribution is -2.35. The first-order valence-corrected chi connectivity index (χ1v) is 12.8. The summed E-state index contributed by atoms with van der Waals surface area (Å²) >= 11 is 0. The highest BCUT2D eigenvalue weighted by Crippen LogP contribution is 2.33. The van der Waals surface area contributed by atoms with Crippen LogP contribution in [0.25, 0.3) is 22.3 Å². The van der Waals surface area contributed by atoms with E-state index in [2.05, 4.69) is 29.4 Å². The number of phenolic OH excluding ortho intramolecular Hbond substituents is 1. The van der Waals surface area contributed by atoms with Gasteiger partial charge in [-0.05, 0) is 91.2 Å². The molecule has 1 heterocycles. The minimum Gasteiger partial charge on any atom is -0.508 e. The van der Waals surface area contributed by atoms with Gasteiger partial charge in [0.25, 0.3) is 5.91 Å². The third-order valence-corrected chi connectivity index (χ3v) is 6.92. The molecule has 194 valence electrons. The highest BCUT2D eigenvalue weighted by atomic mass is 16.5. The van der Waals surface area contributed by atoms with Crippen LogP contribution in [0.5, 0.6) is 17.2 Å². The van der Waals surface area contributed by atoms with Gasteiger partial charge in [-0.15, -0.1) is 0 Å². The summed E-state index contributed by atoms with van der Waals surface area (Å²) in [6.45, 7) is 2.14. The molecule has 1 saturated heterocycles. The Morgan fingerprint density at radius 2 is 1.55 bits per heavy atom. The van der Waals surface area contributed by atoms with Crippen molar-refractivity contribution in [2.75, 3.05) is 32.6 Å². The molecular formula is C32H32N2O4. The molecule has 0 bridgehead atoms. The Morgan fingerprint density at radius 1 is 0.868 bits per heavy atom. The van der Waals surface area contributed by atoms with Gasteiger partial charge in [-0.3, -0.25) is 4.79 Å². The Kier molecular flexibility index (Phi) is 7.61. The highest BCUT2D eigenvalue weighted by Gasteiger charge is 2.18. The van der Waals surface area contributed by atoms with E-state index in [1.54, 1.807) is 43.5 Å². The number of carbonyl (C=O) groups is 1. The van der Waals surface area contributed by atoms with E-state index in [1.807, 2.05) is 42.5 Å². The van der Waals surface area contributed by atoms with Gasteiger partial charge >= 0.3 is 0 Å². The van der Waals surface area contributed by atoms with Crippen LogP contribution in [0.4, 0.5) is 5.69 Å². The summed E-state index contributed by atoms with van der Waals surface area (Å²) in [5, 5.41) is 12.8. The van der Waals surface area contributed by atoms with Gasteiger partial charge in [-0.1, -0.05) is 36.4 Å². The third-order valence-electron chi connectivity index (χ3n) is 6.92. The first kappa shape index (κ1) is 25.4. The number of piperidine rings is 1. The van der Waals surface area contributed by atoms with Crippen LogP contribution in [-0.4, -0.2) is 49.3 Å². The number of methoxy groups -OCH3 is 1. The predicted octanol–water partition coefficient (Wildman–Crippen LogP) is 6.46. The number of hydrogen-bond donors (Lipinski definition) is 2. The molecule has 1 aliphatic heterocycles. The number of aromatic hydroxyl groups is 1. The number of nitrogens with zero attached hydrogens (tertiary/aromatic N) is 1. The van der Waals surface area contributed by atoms with Crippen molar-refractivity contribution >= 4 is 11.6 Å². The number of carbonyl (C=O) groups excluding carboxylic acids is 1. The molecule has 2 N–H and O–H groups in total. The second-order valence-electron chi connectivity index (χ2n) is 9.64. The topological polar surface area (TPSA) is 71.0 Å². The summed E-state index contributed by atoms with van der Waals surface area (Å²) < 4.78 is 11.6. The van der Waals surface area contributed by atoms with Crippen molar-refractivity contribution in [3.8, 4) is 39.5 Å². The number of nitrogens with one attached hydrogen (secondary N) is 1. The van der Waals surface area contributed by atoms with E-state index >= 15 is 0 Å². The maximum Gasteiger partial charge on any atom is 0.255 e. The standard InChI is InChI=1S/C32H32N2O4/c1-34-18-16-29(17-19-34)38-28-13-8-23(9-14-28)22-6-11-26(12-7-22)33-32(36)25-10-15-31(37-2)30(21-25)24-4-3-5-27(35)20-24/h3-15,20-21,29,35H,16-19H2,1-2H3,(H,33,36). The quantitative estimate of drug-likeness (QED) is 0.300. The van der Waals surface area contributed by atoms with Crippen LogP contribution in [0.2, 0.25) is 0 Å². The lowest BCUT2D eigenvalue weighted by atomic mass is 10.0. The Balaban J connectivity index is 1.25. The normalized spacial score (nSPS) is 14.2. The van der Waals surface area contributed by atoms with Crippen LogP contribution >= 0.6 is 0 Å². The lowest BCUT2D eigenvalue weighted by Gasteiger charge is -2.29. The predicted molar refractivity (Wildman–Crippen MR) is 151 cm³/mol. The van der Waals surface area contributed by atoms with E-state index < -0.39 is 0 Å². The second kappa shape index (κ2) is 11.4. The minimum absolute atomic E-state index is 0.152. The zero-order valence-corrected chi connectivity index (χ0v) is 21.7. The Morgan fingerprint density at radius 3 is 2.21 bits per heavy atom. The van der Waals surface area contributed by atoms with Gasteiger partial charge < -0.3 is 24.8 Å². The van der Waals surface area contributed by atoms with Crippen LogP contribution in [0.1, 0.15) is 23.2 Å². The summed E-state index contributed by atoms with van der Waals surface area (Å²) in [5.41, 5.74) is 4.84. The molecule has 4 aromatic carbocycles. The molecule has 38 heavy (non-hydrogen) atoms. The van der Waals surface area contributed by atoms with Crippen molar-refractivity contribution in [3.05, 3.63) is 96.6 Å². The molecule has 6 heteroatoms. The van der Waals surface area contributed by atoms with Crippen LogP contribution in [0.3, 0.4) is 0 Å². The van der Waals surface area contributed by atoms with Gasteiger partial charge in [-0.2, -0.15) is 0 Å². The number of phenols is 1. The number of benzene rings is 4. The van der Waals surface area contributed by atoms with Gasteiger partial charge in [0.05, 0.1) is 7.11 Å². The maximum atomic E-state index is 13.0. The van der Waals surface area contributed by atoms with Crippen LogP contribution in [0.15, 0.2) is 91.0 Å². The van der Waals surface area contributed by atoms with Crippen LogP contribution in [-0.2, 0) is 0 Å². The van der Waals surface area contributed by atoms with Gasteiger partial charge in [0.1, 0.15) is 23.4 Å². The molecule has 0 aromatic heterocycles. The molecule has 0 aliphatic carbocycles. The fourth-order valence-corrected chi connectivity index (χ4v) is 4.72. The van der Waals surface area contributed by atoms with Gasteiger partial charge in [0.15, 0.2) is 0 Å². The van der Waals surface area contributed by atoms with Crippen molar-refractivity contribution in [1.82, 2.24) is 4.90 Å². The molecule has 0 spiro atoms. The van der Waals surface area contributed by atoms with Gasteiger partial charge in [-0.25, -0.2) is 0 Å². The first-order valence-electron chi connectivity index (χ1n) is 12.8. The average molecular weight is 509 g/mol. The number of amides is 1. The van der Waals surface area contributed by atoms with Gasteiger partial charge in [0.2, 0.25) is 0 Å². The Hall–Kier alpha value is -4.29. The monoisotopic (exact) mass is 508 g/mol. The third kappa shape index (κ3) is 5.98. The molecule has 6 nitrogen and oxygen atoms in total. The molecular weight excluding hydrogens is 476 g/mol.